The Hall–Kier alpha value is -3.90. The number of rotatable bonds is 4. The van der Waals surface area contributed by atoms with Crippen LogP contribution < -0.4 is 0 Å². The summed E-state index contributed by atoms with van der Waals surface area (Å²) in [6.45, 7) is 0. The van der Waals surface area contributed by atoms with Crippen LogP contribution in [0.2, 0.25) is 0 Å². The molecule has 0 heteroatoms. The standard InChI is InChI=1S/C30H22/c1-3-7-23(8-4-1)11-13-25-15-17-27-19-20-28-18-16-26(22-30(28)29(27)21-25)14-12-24-9-5-2-6-10-24/h1-22H. The molecular weight excluding hydrogens is 360 g/mol. The topological polar surface area (TPSA) is 0 Å². The first-order valence-corrected chi connectivity index (χ1v) is 10.3. The highest BCUT2D eigenvalue weighted by Crippen LogP contribution is 2.28. The third-order valence-corrected chi connectivity index (χ3v) is 5.42. The summed E-state index contributed by atoms with van der Waals surface area (Å²) in [5.41, 5.74) is 4.85. The van der Waals surface area contributed by atoms with Gasteiger partial charge >= 0.3 is 0 Å². The Labute approximate surface area is 177 Å². The highest BCUT2D eigenvalue weighted by Gasteiger charge is 2.02. The van der Waals surface area contributed by atoms with Crippen LogP contribution in [0.25, 0.3) is 45.8 Å². The summed E-state index contributed by atoms with van der Waals surface area (Å²) in [7, 11) is 0. The van der Waals surface area contributed by atoms with E-state index in [1.165, 1.54) is 43.8 Å². The van der Waals surface area contributed by atoms with E-state index in [9.17, 15) is 0 Å². The van der Waals surface area contributed by atoms with Crippen LogP contribution in [-0.2, 0) is 0 Å². The third-order valence-electron chi connectivity index (χ3n) is 5.42. The van der Waals surface area contributed by atoms with Crippen molar-refractivity contribution < 1.29 is 0 Å². The van der Waals surface area contributed by atoms with Crippen LogP contribution in [-0.4, -0.2) is 0 Å². The molecule has 30 heavy (non-hydrogen) atoms. The Bertz CT molecular complexity index is 1250. The Balaban J connectivity index is 1.55. The minimum absolute atomic E-state index is 1.21. The van der Waals surface area contributed by atoms with Crippen LogP contribution in [0.3, 0.4) is 0 Å². The van der Waals surface area contributed by atoms with Crippen LogP contribution in [0.4, 0.5) is 0 Å². The van der Waals surface area contributed by atoms with Crippen LogP contribution >= 0.6 is 0 Å². The molecule has 0 amide bonds. The molecule has 5 rings (SSSR count). The van der Waals surface area contributed by atoms with Gasteiger partial charge in [-0.1, -0.05) is 121 Å². The van der Waals surface area contributed by atoms with Crippen molar-refractivity contribution in [2.75, 3.05) is 0 Å². The van der Waals surface area contributed by atoms with Gasteiger partial charge in [0, 0.05) is 0 Å². The van der Waals surface area contributed by atoms with E-state index >= 15 is 0 Å². The van der Waals surface area contributed by atoms with E-state index in [4.69, 9.17) is 0 Å². The summed E-state index contributed by atoms with van der Waals surface area (Å²) >= 11 is 0. The second kappa shape index (κ2) is 8.23. The Morgan fingerprint density at radius 3 is 1.13 bits per heavy atom. The molecule has 0 aliphatic carbocycles. The van der Waals surface area contributed by atoms with E-state index in [0.29, 0.717) is 0 Å². The van der Waals surface area contributed by atoms with E-state index in [1.54, 1.807) is 0 Å². The number of fused-ring (bicyclic) bond motifs is 3. The molecule has 0 aliphatic heterocycles. The molecule has 0 atom stereocenters. The van der Waals surface area contributed by atoms with Crippen molar-refractivity contribution in [2.45, 2.75) is 0 Å². The smallest absolute Gasteiger partial charge is 0.00992 e. The van der Waals surface area contributed by atoms with Crippen LogP contribution in [0.5, 0.6) is 0 Å². The quantitative estimate of drug-likeness (QED) is 0.216. The average molecular weight is 383 g/mol. The first-order chi connectivity index (χ1) is 14.8. The fourth-order valence-corrected chi connectivity index (χ4v) is 3.81. The highest BCUT2D eigenvalue weighted by molar-refractivity contribution is 6.08. The molecule has 5 aromatic carbocycles. The summed E-state index contributed by atoms with van der Waals surface area (Å²) in [6, 6.07) is 38.7. The summed E-state index contributed by atoms with van der Waals surface area (Å²) in [4.78, 5) is 0. The molecule has 0 fully saturated rings. The lowest BCUT2D eigenvalue weighted by Gasteiger charge is -2.07. The van der Waals surface area contributed by atoms with E-state index in [2.05, 4.69) is 121 Å². The van der Waals surface area contributed by atoms with Gasteiger partial charge in [-0.25, -0.2) is 0 Å². The average Bonchev–Trinajstić information content (AvgIpc) is 2.82. The van der Waals surface area contributed by atoms with Gasteiger partial charge in [0.1, 0.15) is 0 Å². The Morgan fingerprint density at radius 2 is 0.700 bits per heavy atom. The normalized spacial score (nSPS) is 11.7. The van der Waals surface area contributed by atoms with Gasteiger partial charge in [0.25, 0.3) is 0 Å². The zero-order chi connectivity index (χ0) is 20.2. The molecule has 0 N–H and O–H groups in total. The van der Waals surface area contributed by atoms with Crippen LogP contribution in [0, 0.1) is 0 Å². The van der Waals surface area contributed by atoms with Crippen molar-refractivity contribution in [3.8, 4) is 0 Å². The minimum Gasteiger partial charge on any atom is -0.0622 e. The van der Waals surface area contributed by atoms with E-state index in [0.717, 1.165) is 0 Å². The first-order valence-electron chi connectivity index (χ1n) is 10.3. The van der Waals surface area contributed by atoms with E-state index in [-0.39, 0.29) is 0 Å². The van der Waals surface area contributed by atoms with Gasteiger partial charge in [-0.3, -0.25) is 0 Å². The summed E-state index contributed by atoms with van der Waals surface area (Å²) in [5, 5.41) is 5.11. The van der Waals surface area contributed by atoms with Gasteiger partial charge in [0.2, 0.25) is 0 Å². The zero-order valence-electron chi connectivity index (χ0n) is 16.7. The van der Waals surface area contributed by atoms with Crippen LogP contribution in [0.15, 0.2) is 109 Å². The minimum atomic E-state index is 1.21. The van der Waals surface area contributed by atoms with Crippen molar-refractivity contribution in [1.82, 2.24) is 0 Å². The van der Waals surface area contributed by atoms with E-state index < -0.39 is 0 Å². The SMILES string of the molecule is C(=Cc1ccc2ccc3ccc(C=Cc4ccccc4)cc3c2c1)c1ccccc1. The summed E-state index contributed by atoms with van der Waals surface area (Å²) in [5.74, 6) is 0. The van der Waals surface area contributed by atoms with Gasteiger partial charge in [0.05, 0.1) is 0 Å². The summed E-state index contributed by atoms with van der Waals surface area (Å²) in [6.07, 6.45) is 8.71. The van der Waals surface area contributed by atoms with Crippen molar-refractivity contribution in [1.29, 1.82) is 0 Å². The largest absolute Gasteiger partial charge is 0.0622 e. The molecule has 0 radical (unpaired) electrons. The molecule has 0 saturated heterocycles. The fraction of sp³-hybridized carbons (Fsp3) is 0. The van der Waals surface area contributed by atoms with Crippen LogP contribution in [0.1, 0.15) is 22.3 Å². The predicted molar refractivity (Wildman–Crippen MR) is 132 cm³/mol. The molecule has 0 aromatic heterocycles. The second-order valence-corrected chi connectivity index (χ2v) is 7.51. The molecule has 5 aromatic rings. The maximum absolute atomic E-state index is 2.29. The number of hydrogen-bond acceptors (Lipinski definition) is 0. The maximum atomic E-state index is 2.29. The first kappa shape index (κ1) is 18.1. The fourth-order valence-electron chi connectivity index (χ4n) is 3.81. The molecule has 0 saturated carbocycles. The van der Waals surface area contributed by atoms with Gasteiger partial charge in [0.15, 0.2) is 0 Å². The van der Waals surface area contributed by atoms with Gasteiger partial charge in [-0.05, 0) is 55.9 Å². The van der Waals surface area contributed by atoms with Crippen molar-refractivity contribution in [3.05, 3.63) is 131 Å². The molecule has 142 valence electrons. The van der Waals surface area contributed by atoms with Gasteiger partial charge in [-0.15, -0.1) is 0 Å². The Kier molecular flexibility index (Phi) is 4.98. The molecule has 0 aliphatic rings. The molecule has 0 spiro atoms. The Morgan fingerprint density at radius 1 is 0.333 bits per heavy atom. The third kappa shape index (κ3) is 3.94. The zero-order valence-corrected chi connectivity index (χ0v) is 16.7. The van der Waals surface area contributed by atoms with Crippen molar-refractivity contribution >= 4 is 45.8 Å². The van der Waals surface area contributed by atoms with Crippen molar-refractivity contribution in [3.63, 3.8) is 0 Å². The second-order valence-electron chi connectivity index (χ2n) is 7.51. The summed E-state index contributed by atoms with van der Waals surface area (Å²) < 4.78 is 0. The molecule has 0 unspecified atom stereocenters. The number of hydrogen-bond donors (Lipinski definition) is 0. The molecule has 0 nitrogen and oxygen atoms in total. The highest BCUT2D eigenvalue weighted by atomic mass is 14.1. The monoisotopic (exact) mass is 382 g/mol. The van der Waals surface area contributed by atoms with Gasteiger partial charge in [-0.2, -0.15) is 0 Å². The maximum Gasteiger partial charge on any atom is -0.00992 e. The number of benzene rings is 5. The molecular formula is C30H22. The van der Waals surface area contributed by atoms with Crippen molar-refractivity contribution in [2.24, 2.45) is 0 Å². The molecule has 0 bridgehead atoms. The van der Waals surface area contributed by atoms with Gasteiger partial charge < -0.3 is 0 Å². The lowest BCUT2D eigenvalue weighted by Crippen LogP contribution is -1.82. The molecule has 0 heterocycles. The predicted octanol–water partition coefficient (Wildman–Crippen LogP) is 8.33. The lowest BCUT2D eigenvalue weighted by molar-refractivity contribution is 1.66. The van der Waals surface area contributed by atoms with E-state index in [1.807, 2.05) is 12.1 Å². The lowest BCUT2D eigenvalue weighted by atomic mass is 9.98.